The molecule has 0 spiro atoms. The number of halogens is 1. The third-order valence-electron chi connectivity index (χ3n) is 2.84. The smallest absolute Gasteiger partial charge is 0.360 e. The lowest BCUT2D eigenvalue weighted by atomic mass is 10.2. The van der Waals surface area contributed by atoms with Gasteiger partial charge in [0.25, 0.3) is 0 Å². The van der Waals surface area contributed by atoms with Crippen molar-refractivity contribution >= 4 is 5.97 Å². The lowest BCUT2D eigenvalue weighted by Gasteiger charge is -2.06. The summed E-state index contributed by atoms with van der Waals surface area (Å²) in [6.07, 6.45) is 0.457. The van der Waals surface area contributed by atoms with Crippen molar-refractivity contribution in [2.75, 3.05) is 13.7 Å². The number of aromatic nitrogens is 3. The largest absolute Gasteiger partial charge is 0.464 e. The maximum atomic E-state index is 12.9. The van der Waals surface area contributed by atoms with E-state index in [2.05, 4.69) is 15.0 Å². The van der Waals surface area contributed by atoms with Crippen LogP contribution in [0.4, 0.5) is 4.39 Å². The molecular weight excluding hydrogens is 263 g/mol. The van der Waals surface area contributed by atoms with Crippen LogP contribution in [0.25, 0.3) is 0 Å². The van der Waals surface area contributed by atoms with Crippen molar-refractivity contribution in [3.8, 4) is 0 Å². The molecule has 0 aliphatic heterocycles. The molecule has 2 aromatic rings. The lowest BCUT2D eigenvalue weighted by molar-refractivity contribution is 0.0592. The van der Waals surface area contributed by atoms with Crippen LogP contribution in [0.1, 0.15) is 21.7 Å². The maximum Gasteiger partial charge on any atom is 0.360 e. The molecule has 2 rings (SSSR count). The fourth-order valence-electron chi connectivity index (χ4n) is 1.86. The molecule has 6 nitrogen and oxygen atoms in total. The average molecular weight is 278 g/mol. The van der Waals surface area contributed by atoms with E-state index in [4.69, 9.17) is 5.73 Å². The first-order valence-corrected chi connectivity index (χ1v) is 6.11. The zero-order valence-corrected chi connectivity index (χ0v) is 11.0. The lowest BCUT2D eigenvalue weighted by Crippen LogP contribution is -2.14. The Bertz CT molecular complexity index is 595. The van der Waals surface area contributed by atoms with Crippen molar-refractivity contribution in [3.63, 3.8) is 0 Å². The van der Waals surface area contributed by atoms with Crippen molar-refractivity contribution in [3.05, 3.63) is 47.0 Å². The fourth-order valence-corrected chi connectivity index (χ4v) is 1.86. The second-order valence-corrected chi connectivity index (χ2v) is 4.20. The van der Waals surface area contributed by atoms with Crippen molar-refractivity contribution < 1.29 is 13.9 Å². The number of ether oxygens (including phenoxy) is 1. The molecule has 0 saturated heterocycles. The van der Waals surface area contributed by atoms with Crippen LogP contribution in [0.2, 0.25) is 0 Å². The summed E-state index contributed by atoms with van der Waals surface area (Å²) in [5.74, 6) is -0.844. The Labute approximate surface area is 115 Å². The van der Waals surface area contributed by atoms with Gasteiger partial charge in [-0.2, -0.15) is 0 Å². The Morgan fingerprint density at radius 1 is 1.40 bits per heavy atom. The summed E-state index contributed by atoms with van der Waals surface area (Å²) in [5, 5.41) is 7.77. The van der Waals surface area contributed by atoms with Gasteiger partial charge in [-0.3, -0.25) is 0 Å². The molecule has 106 valence electrons. The second kappa shape index (κ2) is 6.25. The summed E-state index contributed by atoms with van der Waals surface area (Å²) in [6.45, 7) is 0.750. The highest BCUT2D eigenvalue weighted by Gasteiger charge is 2.19. The van der Waals surface area contributed by atoms with Crippen LogP contribution >= 0.6 is 0 Å². The average Bonchev–Trinajstić information content (AvgIpc) is 2.84. The molecule has 1 aromatic carbocycles. The summed E-state index contributed by atoms with van der Waals surface area (Å²) >= 11 is 0. The molecule has 0 bridgehead atoms. The van der Waals surface area contributed by atoms with Gasteiger partial charge in [0.15, 0.2) is 5.69 Å². The van der Waals surface area contributed by atoms with Crippen LogP contribution in [0.15, 0.2) is 24.3 Å². The Balaban J connectivity index is 2.29. The van der Waals surface area contributed by atoms with Gasteiger partial charge in [-0.25, -0.2) is 13.9 Å². The number of hydrogen-bond donors (Lipinski definition) is 1. The molecule has 1 heterocycles. The Morgan fingerprint density at radius 3 is 2.70 bits per heavy atom. The van der Waals surface area contributed by atoms with Gasteiger partial charge in [-0.15, -0.1) is 5.10 Å². The van der Waals surface area contributed by atoms with Gasteiger partial charge in [0, 0.05) is 6.42 Å². The molecule has 2 N–H and O–H groups in total. The number of methoxy groups -OCH3 is 1. The van der Waals surface area contributed by atoms with Gasteiger partial charge in [0.05, 0.1) is 19.3 Å². The SMILES string of the molecule is COC(=O)c1nnn(Cc2ccc(F)cc2)c1CCN. The topological polar surface area (TPSA) is 83.0 Å². The molecule has 0 amide bonds. The van der Waals surface area contributed by atoms with Gasteiger partial charge in [-0.1, -0.05) is 17.3 Å². The first kappa shape index (κ1) is 14.1. The zero-order valence-electron chi connectivity index (χ0n) is 11.0. The Hall–Kier alpha value is -2.28. The molecule has 0 fully saturated rings. The van der Waals surface area contributed by atoms with Crippen LogP contribution < -0.4 is 5.73 Å². The molecule has 7 heteroatoms. The number of benzene rings is 1. The minimum Gasteiger partial charge on any atom is -0.464 e. The van der Waals surface area contributed by atoms with Crippen LogP contribution in [0.5, 0.6) is 0 Å². The van der Waals surface area contributed by atoms with Gasteiger partial charge in [-0.05, 0) is 24.2 Å². The normalized spacial score (nSPS) is 10.6. The van der Waals surface area contributed by atoms with Crippen molar-refractivity contribution in [2.24, 2.45) is 5.73 Å². The minimum atomic E-state index is -0.543. The van der Waals surface area contributed by atoms with Gasteiger partial charge in [0.1, 0.15) is 5.82 Å². The Morgan fingerprint density at radius 2 is 2.10 bits per heavy atom. The standard InChI is InChI=1S/C13H15FN4O2/c1-20-13(19)12-11(6-7-15)18(17-16-12)8-9-2-4-10(14)5-3-9/h2-5H,6-8,15H2,1H3. The van der Waals surface area contributed by atoms with E-state index < -0.39 is 5.97 Å². The zero-order chi connectivity index (χ0) is 14.5. The van der Waals surface area contributed by atoms with Gasteiger partial charge >= 0.3 is 5.97 Å². The summed E-state index contributed by atoms with van der Waals surface area (Å²) < 4.78 is 19.1. The monoisotopic (exact) mass is 278 g/mol. The van der Waals surface area contributed by atoms with Crippen LogP contribution in [0.3, 0.4) is 0 Å². The molecular formula is C13H15FN4O2. The number of nitrogens with zero attached hydrogens (tertiary/aromatic N) is 3. The fraction of sp³-hybridized carbons (Fsp3) is 0.308. The molecule has 0 unspecified atom stereocenters. The number of nitrogens with two attached hydrogens (primary N) is 1. The number of hydrogen-bond acceptors (Lipinski definition) is 5. The third-order valence-corrected chi connectivity index (χ3v) is 2.84. The van der Waals surface area contributed by atoms with E-state index in [0.29, 0.717) is 25.2 Å². The van der Waals surface area contributed by atoms with E-state index in [1.54, 1.807) is 16.8 Å². The highest BCUT2D eigenvalue weighted by molar-refractivity contribution is 5.88. The quantitative estimate of drug-likeness (QED) is 0.816. The summed E-state index contributed by atoms with van der Waals surface area (Å²) in [4.78, 5) is 11.6. The van der Waals surface area contributed by atoms with Crippen LogP contribution in [-0.2, 0) is 17.7 Å². The first-order chi connectivity index (χ1) is 9.65. The summed E-state index contributed by atoms with van der Waals surface area (Å²) in [6, 6.07) is 6.05. The number of esters is 1. The van der Waals surface area contributed by atoms with E-state index in [0.717, 1.165) is 5.56 Å². The van der Waals surface area contributed by atoms with E-state index in [9.17, 15) is 9.18 Å². The minimum absolute atomic E-state index is 0.167. The highest BCUT2D eigenvalue weighted by atomic mass is 19.1. The highest BCUT2D eigenvalue weighted by Crippen LogP contribution is 2.11. The predicted molar refractivity (Wildman–Crippen MR) is 69.6 cm³/mol. The number of carbonyl (C=O) groups is 1. The predicted octanol–water partition coefficient (Wildman–Crippen LogP) is 0.753. The van der Waals surface area contributed by atoms with Crippen LogP contribution in [-0.4, -0.2) is 34.6 Å². The number of carbonyl (C=O) groups excluding carboxylic acids is 1. The maximum absolute atomic E-state index is 12.9. The molecule has 0 radical (unpaired) electrons. The second-order valence-electron chi connectivity index (χ2n) is 4.20. The van der Waals surface area contributed by atoms with Gasteiger partial charge < -0.3 is 10.5 Å². The Kier molecular flexibility index (Phi) is 4.41. The third kappa shape index (κ3) is 3.00. The first-order valence-electron chi connectivity index (χ1n) is 6.11. The van der Waals surface area contributed by atoms with Crippen LogP contribution in [0, 0.1) is 5.82 Å². The number of rotatable bonds is 5. The molecule has 1 aromatic heterocycles. The molecule has 0 atom stereocenters. The van der Waals surface area contributed by atoms with Gasteiger partial charge in [0.2, 0.25) is 0 Å². The van der Waals surface area contributed by atoms with Crippen molar-refractivity contribution in [1.29, 1.82) is 0 Å². The van der Waals surface area contributed by atoms with E-state index in [1.807, 2.05) is 0 Å². The summed E-state index contributed by atoms with van der Waals surface area (Å²) in [5.41, 5.74) is 7.18. The molecule has 0 saturated carbocycles. The van der Waals surface area contributed by atoms with Crippen molar-refractivity contribution in [1.82, 2.24) is 15.0 Å². The van der Waals surface area contributed by atoms with E-state index >= 15 is 0 Å². The molecule has 20 heavy (non-hydrogen) atoms. The van der Waals surface area contributed by atoms with E-state index in [1.165, 1.54) is 19.2 Å². The van der Waals surface area contributed by atoms with Crippen molar-refractivity contribution in [2.45, 2.75) is 13.0 Å². The molecule has 0 aliphatic rings. The van der Waals surface area contributed by atoms with E-state index in [-0.39, 0.29) is 11.5 Å². The summed E-state index contributed by atoms with van der Waals surface area (Å²) in [7, 11) is 1.29. The molecule has 0 aliphatic carbocycles.